The summed E-state index contributed by atoms with van der Waals surface area (Å²) in [6.07, 6.45) is 0. The number of hydrogen-bond acceptors (Lipinski definition) is 4. The van der Waals surface area contributed by atoms with Gasteiger partial charge in [-0.25, -0.2) is 0 Å². The molecule has 1 aliphatic heterocycles. The number of nitrogens with two attached hydrogens (primary N) is 2. The summed E-state index contributed by atoms with van der Waals surface area (Å²) in [5.41, 5.74) is 13.7. The second-order valence-electron chi connectivity index (χ2n) is 4.35. The van der Waals surface area contributed by atoms with Gasteiger partial charge < -0.3 is 16.2 Å². The van der Waals surface area contributed by atoms with E-state index in [0.29, 0.717) is 22.7 Å². The fraction of sp³-hybridized carbons (Fsp3) is 0.0714. The van der Waals surface area contributed by atoms with Crippen molar-refractivity contribution < 1.29 is 9.53 Å². The van der Waals surface area contributed by atoms with Crippen molar-refractivity contribution in [1.82, 2.24) is 0 Å². The smallest absolute Gasteiger partial charge is 0.264 e. The Balaban J connectivity index is 1.99. The Hall–Kier alpha value is -2.69. The maximum Gasteiger partial charge on any atom is 0.264 e. The van der Waals surface area contributed by atoms with Crippen molar-refractivity contribution >= 4 is 23.0 Å². The van der Waals surface area contributed by atoms with E-state index in [9.17, 15) is 4.79 Å². The van der Waals surface area contributed by atoms with E-state index < -0.39 is 0 Å². The lowest BCUT2D eigenvalue weighted by Gasteiger charge is -2.28. The third-order valence-corrected chi connectivity index (χ3v) is 3.03. The van der Waals surface area contributed by atoms with Crippen LogP contribution in [0.2, 0.25) is 0 Å². The molecule has 2 aromatic rings. The first-order valence-corrected chi connectivity index (χ1v) is 5.85. The molecule has 0 fully saturated rings. The molecule has 0 aromatic heterocycles. The van der Waals surface area contributed by atoms with Gasteiger partial charge in [0.1, 0.15) is 5.75 Å². The Labute approximate surface area is 110 Å². The summed E-state index contributed by atoms with van der Waals surface area (Å²) >= 11 is 0. The van der Waals surface area contributed by atoms with Crippen molar-refractivity contribution in [3.63, 3.8) is 0 Å². The molecule has 0 radical (unpaired) electrons. The molecule has 3 rings (SSSR count). The molecule has 0 aliphatic carbocycles. The van der Waals surface area contributed by atoms with Crippen LogP contribution in [0.1, 0.15) is 10.4 Å². The summed E-state index contributed by atoms with van der Waals surface area (Å²) in [5.74, 6) is 0.434. The SMILES string of the molecule is Nc1ccc(N2COc3ccc(N)cc3C2=O)cc1. The summed E-state index contributed by atoms with van der Waals surface area (Å²) in [5, 5.41) is 0. The quantitative estimate of drug-likeness (QED) is 0.762. The van der Waals surface area contributed by atoms with Gasteiger partial charge >= 0.3 is 0 Å². The molecule has 4 N–H and O–H groups in total. The molecule has 0 unspecified atom stereocenters. The van der Waals surface area contributed by atoms with Crippen LogP contribution in [0.3, 0.4) is 0 Å². The molecule has 1 aliphatic rings. The number of carbonyl (C=O) groups excluding carboxylic acids is 1. The van der Waals surface area contributed by atoms with Crippen LogP contribution in [0.4, 0.5) is 17.1 Å². The van der Waals surface area contributed by atoms with Crippen LogP contribution in [0.5, 0.6) is 5.75 Å². The van der Waals surface area contributed by atoms with Crippen molar-refractivity contribution in [3.8, 4) is 5.75 Å². The molecule has 0 saturated heterocycles. The molecule has 0 saturated carbocycles. The van der Waals surface area contributed by atoms with Crippen LogP contribution in [0, 0.1) is 0 Å². The van der Waals surface area contributed by atoms with E-state index in [0.717, 1.165) is 5.69 Å². The second kappa shape index (κ2) is 4.20. The Morgan fingerprint density at radius 3 is 2.42 bits per heavy atom. The number of rotatable bonds is 1. The third kappa shape index (κ3) is 1.95. The van der Waals surface area contributed by atoms with Crippen molar-refractivity contribution in [2.45, 2.75) is 0 Å². The highest BCUT2D eigenvalue weighted by atomic mass is 16.5. The number of fused-ring (bicyclic) bond motifs is 1. The van der Waals surface area contributed by atoms with Crippen molar-refractivity contribution in [1.29, 1.82) is 0 Å². The lowest BCUT2D eigenvalue weighted by molar-refractivity contribution is 0.0937. The number of nitrogens with zero attached hydrogens (tertiary/aromatic N) is 1. The van der Waals surface area contributed by atoms with E-state index in [-0.39, 0.29) is 12.6 Å². The summed E-state index contributed by atoms with van der Waals surface area (Å²) in [6, 6.07) is 12.1. The molecule has 96 valence electrons. The molecule has 2 aromatic carbocycles. The number of nitrogen functional groups attached to an aromatic ring is 2. The van der Waals surface area contributed by atoms with Gasteiger partial charge in [-0.3, -0.25) is 9.69 Å². The van der Waals surface area contributed by atoms with Gasteiger partial charge in [0.15, 0.2) is 6.73 Å². The lowest BCUT2D eigenvalue weighted by Crippen LogP contribution is -2.38. The Kier molecular flexibility index (Phi) is 2.52. The van der Waals surface area contributed by atoms with E-state index in [2.05, 4.69) is 0 Å². The van der Waals surface area contributed by atoms with Gasteiger partial charge in [-0.15, -0.1) is 0 Å². The van der Waals surface area contributed by atoms with Crippen molar-refractivity contribution in [2.75, 3.05) is 23.1 Å². The van der Waals surface area contributed by atoms with Gasteiger partial charge in [-0.2, -0.15) is 0 Å². The van der Waals surface area contributed by atoms with E-state index in [1.165, 1.54) is 0 Å². The van der Waals surface area contributed by atoms with E-state index in [1.54, 1.807) is 47.4 Å². The largest absolute Gasteiger partial charge is 0.472 e. The van der Waals surface area contributed by atoms with Gasteiger partial charge in [0.2, 0.25) is 0 Å². The first kappa shape index (κ1) is 11.4. The Morgan fingerprint density at radius 2 is 1.68 bits per heavy atom. The molecular weight excluding hydrogens is 242 g/mol. The van der Waals surface area contributed by atoms with Crippen LogP contribution in [0.25, 0.3) is 0 Å². The molecule has 5 nitrogen and oxygen atoms in total. The minimum Gasteiger partial charge on any atom is -0.472 e. The van der Waals surface area contributed by atoms with Crippen LogP contribution in [0.15, 0.2) is 42.5 Å². The third-order valence-electron chi connectivity index (χ3n) is 3.03. The van der Waals surface area contributed by atoms with Gasteiger partial charge in [0.05, 0.1) is 5.56 Å². The fourth-order valence-electron chi connectivity index (χ4n) is 2.02. The highest BCUT2D eigenvalue weighted by Crippen LogP contribution is 2.29. The first-order chi connectivity index (χ1) is 9.15. The summed E-state index contributed by atoms with van der Waals surface area (Å²) < 4.78 is 5.56. The number of ether oxygens (including phenoxy) is 1. The number of amides is 1. The molecule has 19 heavy (non-hydrogen) atoms. The maximum absolute atomic E-state index is 12.4. The monoisotopic (exact) mass is 255 g/mol. The summed E-state index contributed by atoms with van der Waals surface area (Å²) in [7, 11) is 0. The maximum atomic E-state index is 12.4. The predicted molar refractivity (Wildman–Crippen MR) is 74.0 cm³/mol. The molecule has 0 atom stereocenters. The minimum atomic E-state index is -0.127. The minimum absolute atomic E-state index is 0.127. The standard InChI is InChI=1S/C14H13N3O2/c15-9-1-4-11(5-2-9)17-8-19-13-6-3-10(16)7-12(13)14(17)18/h1-7H,8,15-16H2. The van der Waals surface area contributed by atoms with Crippen LogP contribution in [-0.4, -0.2) is 12.6 Å². The highest BCUT2D eigenvalue weighted by Gasteiger charge is 2.26. The zero-order chi connectivity index (χ0) is 13.4. The number of anilines is 3. The number of benzene rings is 2. The zero-order valence-corrected chi connectivity index (χ0v) is 10.2. The number of hydrogen-bond donors (Lipinski definition) is 2. The van der Waals surface area contributed by atoms with E-state index in [1.807, 2.05) is 0 Å². The fourth-order valence-corrected chi connectivity index (χ4v) is 2.02. The lowest BCUT2D eigenvalue weighted by atomic mass is 10.1. The van der Waals surface area contributed by atoms with Crippen LogP contribution >= 0.6 is 0 Å². The van der Waals surface area contributed by atoms with Gasteiger partial charge in [-0.1, -0.05) is 0 Å². The summed E-state index contributed by atoms with van der Waals surface area (Å²) in [6.45, 7) is 0.180. The van der Waals surface area contributed by atoms with E-state index in [4.69, 9.17) is 16.2 Å². The van der Waals surface area contributed by atoms with Gasteiger partial charge in [-0.05, 0) is 42.5 Å². The van der Waals surface area contributed by atoms with E-state index >= 15 is 0 Å². The average Bonchev–Trinajstić information content (AvgIpc) is 2.41. The molecule has 0 spiro atoms. The van der Waals surface area contributed by atoms with Crippen LogP contribution in [-0.2, 0) is 0 Å². The topological polar surface area (TPSA) is 81.6 Å². The van der Waals surface area contributed by atoms with Crippen molar-refractivity contribution in [2.24, 2.45) is 0 Å². The zero-order valence-electron chi connectivity index (χ0n) is 10.2. The molecule has 5 heteroatoms. The predicted octanol–water partition coefficient (Wildman–Crippen LogP) is 1.85. The molecular formula is C14H13N3O2. The van der Waals surface area contributed by atoms with Gasteiger partial charge in [0.25, 0.3) is 5.91 Å². The van der Waals surface area contributed by atoms with Gasteiger partial charge in [0, 0.05) is 17.1 Å². The highest BCUT2D eigenvalue weighted by molar-refractivity contribution is 6.09. The Morgan fingerprint density at radius 1 is 1.00 bits per heavy atom. The Bertz CT molecular complexity index is 638. The molecule has 1 amide bonds. The van der Waals surface area contributed by atoms with Crippen LogP contribution < -0.4 is 21.1 Å². The second-order valence-corrected chi connectivity index (χ2v) is 4.35. The summed E-state index contributed by atoms with van der Waals surface area (Å²) in [4.78, 5) is 14.0. The first-order valence-electron chi connectivity index (χ1n) is 5.85. The number of carbonyl (C=O) groups is 1. The normalized spacial score (nSPS) is 13.9. The van der Waals surface area contributed by atoms with Crippen molar-refractivity contribution in [3.05, 3.63) is 48.0 Å². The molecule has 1 heterocycles. The molecule has 0 bridgehead atoms. The average molecular weight is 255 g/mol.